The molecule has 1 saturated heterocycles. The zero-order valence-electron chi connectivity index (χ0n) is 13.8. The van der Waals surface area contributed by atoms with Gasteiger partial charge in [0, 0.05) is 24.9 Å². The van der Waals surface area contributed by atoms with Gasteiger partial charge in [-0.05, 0) is 12.8 Å². The monoisotopic (exact) mass is 318 g/mol. The molecule has 0 radical (unpaired) electrons. The molecule has 5 atom stereocenters. The van der Waals surface area contributed by atoms with Gasteiger partial charge in [-0.25, -0.2) is 0 Å². The molecule has 22 heavy (non-hydrogen) atoms. The van der Waals surface area contributed by atoms with Crippen molar-refractivity contribution in [1.82, 2.24) is 0 Å². The highest BCUT2D eigenvalue weighted by Crippen LogP contribution is 2.26. The number of hydrogen-bond acceptors (Lipinski definition) is 6. The third kappa shape index (κ3) is 5.59. The van der Waals surface area contributed by atoms with Crippen LogP contribution in [-0.2, 0) is 14.3 Å². The number of unbranched alkanes of at least 4 members (excludes halogenated alkanes) is 2. The second kappa shape index (κ2) is 9.57. The first-order valence-corrected chi connectivity index (χ1v) is 8.15. The summed E-state index contributed by atoms with van der Waals surface area (Å²) in [5.74, 6) is 0.0180. The molecule has 0 aromatic carbocycles. The first-order valence-electron chi connectivity index (χ1n) is 8.15. The van der Waals surface area contributed by atoms with Crippen molar-refractivity contribution in [3.63, 3.8) is 0 Å². The Balaban J connectivity index is 2.22. The highest BCUT2D eigenvalue weighted by atomic mass is 16.7. The molecule has 0 saturated carbocycles. The van der Waals surface area contributed by atoms with E-state index >= 15 is 0 Å². The zero-order valence-corrected chi connectivity index (χ0v) is 13.8. The Hall–Kier alpha value is -0.530. The fourth-order valence-electron chi connectivity index (χ4n) is 2.48. The van der Waals surface area contributed by atoms with Crippen molar-refractivity contribution in [3.8, 4) is 0 Å². The number of carbonyl (C=O) groups excluding carboxylic acids is 1. The van der Waals surface area contributed by atoms with Crippen LogP contribution in [0.3, 0.4) is 0 Å². The predicted octanol–water partition coefficient (Wildman–Crippen LogP) is 0.864. The summed E-state index contributed by atoms with van der Waals surface area (Å²) >= 11 is 0. The van der Waals surface area contributed by atoms with E-state index in [1.807, 2.05) is 13.8 Å². The van der Waals surface area contributed by atoms with Gasteiger partial charge < -0.3 is 24.8 Å². The number of ketones is 1. The number of ether oxygens (including phenoxy) is 2. The minimum absolute atomic E-state index is 0.0936. The van der Waals surface area contributed by atoms with Gasteiger partial charge in [-0.3, -0.25) is 4.79 Å². The average Bonchev–Trinajstić information content (AvgIpc) is 2.49. The molecule has 0 spiro atoms. The van der Waals surface area contributed by atoms with Crippen molar-refractivity contribution in [2.75, 3.05) is 13.2 Å². The lowest BCUT2D eigenvalue weighted by Crippen LogP contribution is -2.55. The Morgan fingerprint density at radius 2 is 1.86 bits per heavy atom. The van der Waals surface area contributed by atoms with Gasteiger partial charge in [-0.1, -0.05) is 27.2 Å². The second-order valence-corrected chi connectivity index (χ2v) is 6.37. The van der Waals surface area contributed by atoms with Crippen molar-refractivity contribution >= 4 is 5.78 Å². The zero-order chi connectivity index (χ0) is 16.7. The van der Waals surface area contributed by atoms with E-state index < -0.39 is 24.6 Å². The Labute approximate surface area is 132 Å². The summed E-state index contributed by atoms with van der Waals surface area (Å²) in [5, 5.41) is 28.8. The summed E-state index contributed by atoms with van der Waals surface area (Å²) in [6, 6.07) is 0. The van der Waals surface area contributed by atoms with Gasteiger partial charge in [-0.2, -0.15) is 0 Å². The quantitative estimate of drug-likeness (QED) is 0.546. The molecular weight excluding hydrogens is 288 g/mol. The highest BCUT2D eigenvalue weighted by molar-refractivity contribution is 5.80. The molecule has 6 heteroatoms. The fraction of sp³-hybridized carbons (Fsp3) is 0.938. The van der Waals surface area contributed by atoms with Crippen molar-refractivity contribution in [1.29, 1.82) is 0 Å². The number of Topliss-reactive ketones (excluding diaryl/α,β-unsaturated/α-hetero) is 1. The normalized spacial score (nSPS) is 32.4. The third-order valence-corrected chi connectivity index (χ3v) is 4.18. The first kappa shape index (κ1) is 19.5. The Bertz CT molecular complexity index is 331. The third-order valence-electron chi connectivity index (χ3n) is 4.18. The predicted molar refractivity (Wildman–Crippen MR) is 81.2 cm³/mol. The Kier molecular flexibility index (Phi) is 8.49. The van der Waals surface area contributed by atoms with Crippen LogP contribution in [0.1, 0.15) is 46.5 Å². The van der Waals surface area contributed by atoms with Crippen LogP contribution in [0.4, 0.5) is 0 Å². The van der Waals surface area contributed by atoms with E-state index in [1.54, 1.807) is 6.92 Å². The summed E-state index contributed by atoms with van der Waals surface area (Å²) in [5.41, 5.74) is 0. The van der Waals surface area contributed by atoms with Gasteiger partial charge in [-0.15, -0.1) is 0 Å². The number of hydrogen-bond donors (Lipinski definition) is 3. The van der Waals surface area contributed by atoms with Crippen LogP contribution < -0.4 is 0 Å². The van der Waals surface area contributed by atoms with Crippen molar-refractivity contribution < 1.29 is 29.6 Å². The van der Waals surface area contributed by atoms with Gasteiger partial charge in [0.15, 0.2) is 6.29 Å². The molecule has 1 aliphatic heterocycles. The van der Waals surface area contributed by atoms with Crippen LogP contribution in [0.15, 0.2) is 0 Å². The van der Waals surface area contributed by atoms with E-state index in [2.05, 4.69) is 0 Å². The minimum Gasteiger partial charge on any atom is -0.394 e. The topological polar surface area (TPSA) is 96.2 Å². The lowest BCUT2D eigenvalue weighted by atomic mass is 9.92. The molecular formula is C16H30O6. The fourth-order valence-corrected chi connectivity index (χ4v) is 2.48. The lowest BCUT2D eigenvalue weighted by molar-refractivity contribution is -0.282. The maximum atomic E-state index is 11.5. The highest BCUT2D eigenvalue weighted by Gasteiger charge is 2.42. The first-order chi connectivity index (χ1) is 10.4. The van der Waals surface area contributed by atoms with E-state index in [0.29, 0.717) is 13.0 Å². The summed E-state index contributed by atoms with van der Waals surface area (Å²) in [4.78, 5) is 11.5. The number of aliphatic hydroxyl groups excluding tert-OH is 3. The summed E-state index contributed by atoms with van der Waals surface area (Å²) in [6.45, 7) is 5.66. The molecule has 130 valence electrons. The molecule has 0 aliphatic carbocycles. The van der Waals surface area contributed by atoms with E-state index in [0.717, 1.165) is 19.3 Å². The molecule has 6 nitrogen and oxygen atoms in total. The standard InChI is InChI=1S/C16H30O6/c1-10(2)12(18)7-5-4-6-8-21-16-11(3)14(19)15(20)13(9-17)22-16/h10-11,13-17,19-20H,4-9H2,1-3H3/t11-,13?,14?,15-,16+/m0/s1. The van der Waals surface area contributed by atoms with Crippen LogP contribution in [0.25, 0.3) is 0 Å². The van der Waals surface area contributed by atoms with E-state index in [9.17, 15) is 15.0 Å². The Morgan fingerprint density at radius 3 is 2.45 bits per heavy atom. The van der Waals surface area contributed by atoms with Gasteiger partial charge in [0.2, 0.25) is 0 Å². The number of aliphatic hydroxyl groups is 3. The SMILES string of the molecule is CC(C)C(=O)CCCCCO[C@@H]1OC(CO)[C@H](O)C(O)[C@@H]1C. The molecule has 1 heterocycles. The maximum absolute atomic E-state index is 11.5. The van der Waals surface area contributed by atoms with Crippen LogP contribution in [-0.4, -0.2) is 58.9 Å². The Morgan fingerprint density at radius 1 is 1.18 bits per heavy atom. The van der Waals surface area contributed by atoms with Crippen molar-refractivity contribution in [2.24, 2.45) is 11.8 Å². The number of rotatable bonds is 9. The average molecular weight is 318 g/mol. The second-order valence-electron chi connectivity index (χ2n) is 6.37. The molecule has 0 amide bonds. The van der Waals surface area contributed by atoms with Gasteiger partial charge in [0.05, 0.1) is 12.7 Å². The van der Waals surface area contributed by atoms with E-state index in [1.165, 1.54) is 0 Å². The van der Waals surface area contributed by atoms with E-state index in [4.69, 9.17) is 14.6 Å². The van der Waals surface area contributed by atoms with Crippen molar-refractivity contribution in [3.05, 3.63) is 0 Å². The molecule has 0 aromatic rings. The maximum Gasteiger partial charge on any atom is 0.163 e. The minimum atomic E-state index is -1.10. The molecule has 2 unspecified atom stereocenters. The van der Waals surface area contributed by atoms with Crippen molar-refractivity contribution in [2.45, 2.75) is 71.1 Å². The molecule has 0 bridgehead atoms. The van der Waals surface area contributed by atoms with Crippen LogP contribution in [0.2, 0.25) is 0 Å². The molecule has 1 fully saturated rings. The smallest absolute Gasteiger partial charge is 0.163 e. The molecule has 3 N–H and O–H groups in total. The largest absolute Gasteiger partial charge is 0.394 e. The summed E-state index contributed by atoms with van der Waals surface area (Å²) in [6.07, 6.45) is -0.364. The summed E-state index contributed by atoms with van der Waals surface area (Å²) < 4.78 is 11.1. The lowest BCUT2D eigenvalue weighted by Gasteiger charge is -2.40. The molecule has 1 rings (SSSR count). The summed E-state index contributed by atoms with van der Waals surface area (Å²) in [7, 11) is 0. The molecule has 0 aromatic heterocycles. The number of carbonyl (C=O) groups is 1. The van der Waals surface area contributed by atoms with Crippen LogP contribution in [0, 0.1) is 11.8 Å². The van der Waals surface area contributed by atoms with Gasteiger partial charge >= 0.3 is 0 Å². The van der Waals surface area contributed by atoms with Gasteiger partial charge in [0.1, 0.15) is 18.0 Å². The van der Waals surface area contributed by atoms with Crippen LogP contribution in [0.5, 0.6) is 0 Å². The van der Waals surface area contributed by atoms with Crippen LogP contribution >= 0.6 is 0 Å². The van der Waals surface area contributed by atoms with Gasteiger partial charge in [0.25, 0.3) is 0 Å². The molecule has 1 aliphatic rings. The van der Waals surface area contributed by atoms with E-state index in [-0.39, 0.29) is 24.2 Å².